The van der Waals surface area contributed by atoms with E-state index in [0.717, 1.165) is 0 Å². The molecule has 1 aromatic carbocycles. The zero-order valence-electron chi connectivity index (χ0n) is 7.84. The molecular weight excluding hydrogens is 249 g/mol. The summed E-state index contributed by atoms with van der Waals surface area (Å²) in [4.78, 5) is 4.20. The molecule has 1 aromatic heterocycles. The van der Waals surface area contributed by atoms with Gasteiger partial charge in [-0.3, -0.25) is 0 Å². The van der Waals surface area contributed by atoms with E-state index < -0.39 is 0 Å². The van der Waals surface area contributed by atoms with Gasteiger partial charge in [0.15, 0.2) is 11.5 Å². The molecule has 0 radical (unpaired) electrons. The van der Waals surface area contributed by atoms with Crippen LogP contribution in [0.25, 0.3) is 11.1 Å². The van der Waals surface area contributed by atoms with Gasteiger partial charge in [0.1, 0.15) is 11.3 Å². The first-order valence-electron chi connectivity index (χ1n) is 4.33. The largest absolute Gasteiger partial charge is 0.439 e. The zero-order chi connectivity index (χ0) is 10.3. The summed E-state index contributed by atoms with van der Waals surface area (Å²) in [5.74, 6) is 0.525. The summed E-state index contributed by atoms with van der Waals surface area (Å²) < 4.78 is 19.1. The van der Waals surface area contributed by atoms with Gasteiger partial charge in [-0.15, -0.1) is 0 Å². The van der Waals surface area contributed by atoms with Gasteiger partial charge < -0.3 is 4.42 Å². The molecule has 0 saturated carbocycles. The van der Waals surface area contributed by atoms with Crippen LogP contribution in [0, 0.1) is 5.82 Å². The predicted molar refractivity (Wildman–Crippen MR) is 55.8 cm³/mol. The van der Waals surface area contributed by atoms with Gasteiger partial charge in [0.2, 0.25) is 0 Å². The summed E-state index contributed by atoms with van der Waals surface area (Å²) >= 11 is 3.24. The van der Waals surface area contributed by atoms with Crippen LogP contribution in [0.15, 0.2) is 21.0 Å². The summed E-state index contributed by atoms with van der Waals surface area (Å²) in [6.45, 7) is 3.96. The highest BCUT2D eigenvalue weighted by atomic mass is 79.9. The van der Waals surface area contributed by atoms with E-state index in [2.05, 4.69) is 20.9 Å². The molecule has 2 rings (SSSR count). The Labute approximate surface area is 89.3 Å². The number of hydrogen-bond donors (Lipinski definition) is 0. The third-order valence-corrected chi connectivity index (χ3v) is 2.51. The minimum atomic E-state index is -0.312. The molecular formula is C10H9BrFNO. The first-order valence-corrected chi connectivity index (χ1v) is 5.12. The number of hydrogen-bond acceptors (Lipinski definition) is 2. The van der Waals surface area contributed by atoms with Crippen molar-refractivity contribution < 1.29 is 8.81 Å². The molecule has 74 valence electrons. The lowest BCUT2D eigenvalue weighted by molar-refractivity contribution is 0.500. The second-order valence-electron chi connectivity index (χ2n) is 3.44. The fourth-order valence-corrected chi connectivity index (χ4v) is 1.73. The number of oxazole rings is 1. The van der Waals surface area contributed by atoms with Gasteiger partial charge in [-0.1, -0.05) is 13.8 Å². The van der Waals surface area contributed by atoms with Gasteiger partial charge in [-0.05, 0) is 22.0 Å². The lowest BCUT2D eigenvalue weighted by atomic mass is 10.2. The first-order chi connectivity index (χ1) is 6.58. The van der Waals surface area contributed by atoms with Crippen molar-refractivity contribution in [3.63, 3.8) is 0 Å². The Kier molecular flexibility index (Phi) is 2.31. The van der Waals surface area contributed by atoms with E-state index in [1.54, 1.807) is 0 Å². The summed E-state index contributed by atoms with van der Waals surface area (Å²) in [5.41, 5.74) is 1.16. The highest BCUT2D eigenvalue weighted by molar-refractivity contribution is 9.10. The molecule has 0 aliphatic heterocycles. The molecule has 4 heteroatoms. The fraction of sp³-hybridized carbons (Fsp3) is 0.300. The minimum absolute atomic E-state index is 0.206. The molecule has 0 atom stereocenters. The molecule has 0 fully saturated rings. The summed E-state index contributed by atoms with van der Waals surface area (Å²) in [5, 5.41) is 0. The molecule has 0 saturated heterocycles. The van der Waals surface area contributed by atoms with Crippen LogP contribution in [0.1, 0.15) is 25.7 Å². The molecule has 0 spiro atoms. The molecule has 0 amide bonds. The minimum Gasteiger partial charge on any atom is -0.439 e. The Morgan fingerprint density at radius 3 is 2.79 bits per heavy atom. The Bertz CT molecular complexity index is 478. The lowest BCUT2D eigenvalue weighted by Crippen LogP contribution is -1.84. The number of nitrogens with zero attached hydrogens (tertiary/aromatic N) is 1. The first kappa shape index (κ1) is 9.65. The topological polar surface area (TPSA) is 26.0 Å². The second kappa shape index (κ2) is 3.35. The fourth-order valence-electron chi connectivity index (χ4n) is 1.22. The number of aromatic nitrogens is 1. The monoisotopic (exact) mass is 257 g/mol. The highest BCUT2D eigenvalue weighted by Gasteiger charge is 2.12. The average Bonchev–Trinajstić information content (AvgIpc) is 2.47. The Hall–Kier alpha value is -0.900. The van der Waals surface area contributed by atoms with Crippen LogP contribution in [-0.2, 0) is 0 Å². The summed E-state index contributed by atoms with van der Waals surface area (Å²) in [6, 6.07) is 2.74. The van der Waals surface area contributed by atoms with Crippen molar-refractivity contribution in [2.75, 3.05) is 0 Å². The predicted octanol–water partition coefficient (Wildman–Crippen LogP) is 3.85. The van der Waals surface area contributed by atoms with Gasteiger partial charge in [-0.25, -0.2) is 9.37 Å². The third-order valence-electron chi connectivity index (χ3n) is 1.92. The van der Waals surface area contributed by atoms with Crippen molar-refractivity contribution in [3.05, 3.63) is 28.3 Å². The van der Waals surface area contributed by atoms with Gasteiger partial charge in [0.25, 0.3) is 0 Å². The Morgan fingerprint density at radius 1 is 1.43 bits per heavy atom. The summed E-state index contributed by atoms with van der Waals surface area (Å²) in [7, 11) is 0. The molecule has 0 unspecified atom stereocenters. The molecule has 1 heterocycles. The Morgan fingerprint density at radius 2 is 2.14 bits per heavy atom. The van der Waals surface area contributed by atoms with E-state index in [0.29, 0.717) is 21.5 Å². The van der Waals surface area contributed by atoms with Gasteiger partial charge in [0.05, 0.1) is 4.47 Å². The van der Waals surface area contributed by atoms with Crippen molar-refractivity contribution in [2.45, 2.75) is 19.8 Å². The van der Waals surface area contributed by atoms with Gasteiger partial charge in [-0.2, -0.15) is 0 Å². The van der Waals surface area contributed by atoms with Crippen LogP contribution in [0.2, 0.25) is 0 Å². The van der Waals surface area contributed by atoms with E-state index in [4.69, 9.17) is 4.42 Å². The number of rotatable bonds is 1. The Balaban J connectivity index is 2.70. The van der Waals surface area contributed by atoms with Crippen LogP contribution >= 0.6 is 15.9 Å². The standard InChI is InChI=1S/C10H9BrFNO/c1-5(2)10-13-8-4-6(12)3-7(11)9(8)14-10/h3-5H,1-2H3. The van der Waals surface area contributed by atoms with Crippen molar-refractivity contribution in [1.82, 2.24) is 4.98 Å². The van der Waals surface area contributed by atoms with E-state index in [9.17, 15) is 4.39 Å². The van der Waals surface area contributed by atoms with Gasteiger partial charge in [0, 0.05) is 12.0 Å². The van der Waals surface area contributed by atoms with E-state index in [1.807, 2.05) is 13.8 Å². The third kappa shape index (κ3) is 1.54. The number of halogens is 2. The summed E-state index contributed by atoms with van der Waals surface area (Å²) in [6.07, 6.45) is 0. The normalized spacial score (nSPS) is 11.5. The molecule has 0 bridgehead atoms. The maximum Gasteiger partial charge on any atom is 0.198 e. The molecule has 14 heavy (non-hydrogen) atoms. The van der Waals surface area contributed by atoms with Crippen LogP contribution in [0.5, 0.6) is 0 Å². The second-order valence-corrected chi connectivity index (χ2v) is 4.30. The smallest absolute Gasteiger partial charge is 0.198 e. The van der Waals surface area contributed by atoms with Crippen molar-refractivity contribution in [3.8, 4) is 0 Å². The number of fused-ring (bicyclic) bond motifs is 1. The zero-order valence-corrected chi connectivity index (χ0v) is 9.43. The van der Waals surface area contributed by atoms with Crippen LogP contribution in [0.3, 0.4) is 0 Å². The van der Waals surface area contributed by atoms with Crippen molar-refractivity contribution in [2.24, 2.45) is 0 Å². The quantitative estimate of drug-likeness (QED) is 0.776. The maximum atomic E-state index is 13.0. The SMILES string of the molecule is CC(C)c1nc2cc(F)cc(Br)c2o1. The molecule has 2 aromatic rings. The molecule has 0 N–H and O–H groups in total. The van der Waals surface area contributed by atoms with E-state index >= 15 is 0 Å². The average molecular weight is 258 g/mol. The lowest BCUT2D eigenvalue weighted by Gasteiger charge is -1.94. The van der Waals surface area contributed by atoms with Crippen molar-refractivity contribution in [1.29, 1.82) is 0 Å². The molecule has 0 aliphatic carbocycles. The van der Waals surface area contributed by atoms with Crippen molar-refractivity contribution >= 4 is 27.0 Å². The van der Waals surface area contributed by atoms with Gasteiger partial charge >= 0.3 is 0 Å². The van der Waals surface area contributed by atoms with Crippen LogP contribution in [0.4, 0.5) is 4.39 Å². The van der Waals surface area contributed by atoms with E-state index in [-0.39, 0.29) is 11.7 Å². The van der Waals surface area contributed by atoms with Crippen LogP contribution in [-0.4, -0.2) is 4.98 Å². The molecule has 2 nitrogen and oxygen atoms in total. The van der Waals surface area contributed by atoms with E-state index in [1.165, 1.54) is 12.1 Å². The number of benzene rings is 1. The maximum absolute atomic E-state index is 13.0. The van der Waals surface area contributed by atoms with Crippen LogP contribution < -0.4 is 0 Å². The highest BCUT2D eigenvalue weighted by Crippen LogP contribution is 2.28. The molecule has 0 aliphatic rings.